The molecule has 0 unspecified atom stereocenters. The van der Waals surface area contributed by atoms with Crippen LogP contribution in [0.1, 0.15) is 44.1 Å². The molecule has 0 amide bonds. The molecule has 1 aromatic rings. The van der Waals surface area contributed by atoms with Crippen molar-refractivity contribution in [3.63, 3.8) is 0 Å². The molecule has 4 fully saturated rings. The Bertz CT molecular complexity index is 462. The molecule has 1 heteroatoms. The lowest BCUT2D eigenvalue weighted by atomic mass is 9.49. The third-order valence-electron chi connectivity index (χ3n) is 5.58. The van der Waals surface area contributed by atoms with E-state index in [9.17, 15) is 0 Å². The summed E-state index contributed by atoms with van der Waals surface area (Å²) >= 11 is 3.50. The van der Waals surface area contributed by atoms with Gasteiger partial charge >= 0.3 is 0 Å². The molecule has 0 aromatic heterocycles. The largest absolute Gasteiger partial charge is 0.0777 e. The number of hydrogen-bond acceptors (Lipinski definition) is 0. The predicted molar refractivity (Wildman–Crippen MR) is 83.8 cm³/mol. The Morgan fingerprint density at radius 1 is 0.895 bits per heavy atom. The van der Waals surface area contributed by atoms with Crippen LogP contribution in [0.25, 0.3) is 6.08 Å². The molecule has 0 spiro atoms. The van der Waals surface area contributed by atoms with Crippen LogP contribution in [0.15, 0.2) is 34.8 Å². The van der Waals surface area contributed by atoms with Gasteiger partial charge in [0.25, 0.3) is 0 Å². The number of hydrogen-bond donors (Lipinski definition) is 0. The van der Waals surface area contributed by atoms with E-state index < -0.39 is 0 Å². The summed E-state index contributed by atoms with van der Waals surface area (Å²) in [7, 11) is 0. The lowest BCUT2D eigenvalue weighted by Gasteiger charge is -2.55. The fourth-order valence-electron chi connectivity index (χ4n) is 5.23. The summed E-state index contributed by atoms with van der Waals surface area (Å²) in [5.74, 6) is 3.13. The first kappa shape index (κ1) is 12.2. The van der Waals surface area contributed by atoms with Crippen molar-refractivity contribution < 1.29 is 0 Å². The zero-order valence-electron chi connectivity index (χ0n) is 11.3. The van der Waals surface area contributed by atoms with Crippen LogP contribution in [0.5, 0.6) is 0 Å². The summed E-state index contributed by atoms with van der Waals surface area (Å²) in [4.78, 5) is 0. The van der Waals surface area contributed by atoms with Crippen LogP contribution < -0.4 is 0 Å². The number of halogens is 1. The number of rotatable bonds is 2. The van der Waals surface area contributed by atoms with Crippen molar-refractivity contribution in [2.24, 2.45) is 23.2 Å². The topological polar surface area (TPSA) is 0 Å². The lowest BCUT2D eigenvalue weighted by Crippen LogP contribution is -2.44. The van der Waals surface area contributed by atoms with Crippen molar-refractivity contribution >= 4 is 22.0 Å². The average Bonchev–Trinajstić information content (AvgIpc) is 2.36. The first-order chi connectivity index (χ1) is 9.21. The fraction of sp³-hybridized carbons (Fsp3) is 0.556. The third kappa shape index (κ3) is 2.31. The first-order valence-electron chi connectivity index (χ1n) is 7.66. The molecule has 0 aliphatic heterocycles. The summed E-state index contributed by atoms with van der Waals surface area (Å²) in [6.45, 7) is 0. The van der Waals surface area contributed by atoms with Gasteiger partial charge in [-0.15, -0.1) is 0 Å². The van der Waals surface area contributed by atoms with E-state index >= 15 is 0 Å². The van der Waals surface area contributed by atoms with Gasteiger partial charge in [-0.25, -0.2) is 0 Å². The number of allylic oxidation sites excluding steroid dienone is 1. The van der Waals surface area contributed by atoms with Crippen molar-refractivity contribution in [1.82, 2.24) is 0 Å². The minimum absolute atomic E-state index is 0.557. The smallest absolute Gasteiger partial charge is 0.0175 e. The van der Waals surface area contributed by atoms with Gasteiger partial charge in [-0.3, -0.25) is 0 Å². The molecule has 5 rings (SSSR count). The Morgan fingerprint density at radius 3 is 1.95 bits per heavy atom. The van der Waals surface area contributed by atoms with Gasteiger partial charge in [-0.1, -0.05) is 40.2 Å². The van der Waals surface area contributed by atoms with E-state index in [1.807, 2.05) is 0 Å². The van der Waals surface area contributed by atoms with Gasteiger partial charge in [0.15, 0.2) is 0 Å². The molecular formula is C18H21Br. The van der Waals surface area contributed by atoms with Crippen molar-refractivity contribution in [2.75, 3.05) is 0 Å². The highest BCUT2D eigenvalue weighted by atomic mass is 79.9. The van der Waals surface area contributed by atoms with E-state index in [2.05, 4.69) is 52.3 Å². The van der Waals surface area contributed by atoms with Gasteiger partial charge in [0, 0.05) is 4.47 Å². The molecule has 1 aromatic carbocycles. The molecule has 4 aliphatic carbocycles. The van der Waals surface area contributed by atoms with Crippen LogP contribution >= 0.6 is 15.9 Å². The highest BCUT2D eigenvalue weighted by Crippen LogP contribution is 2.60. The second-order valence-electron chi connectivity index (χ2n) is 7.16. The summed E-state index contributed by atoms with van der Waals surface area (Å²) in [6, 6.07) is 8.70. The second-order valence-corrected chi connectivity index (χ2v) is 8.08. The van der Waals surface area contributed by atoms with Gasteiger partial charge in [-0.05, 0) is 79.4 Å². The van der Waals surface area contributed by atoms with Crippen molar-refractivity contribution in [1.29, 1.82) is 0 Å². The lowest BCUT2D eigenvalue weighted by molar-refractivity contribution is -0.0232. The molecular weight excluding hydrogens is 296 g/mol. The Labute approximate surface area is 124 Å². The van der Waals surface area contributed by atoms with Crippen molar-refractivity contribution in [3.8, 4) is 0 Å². The molecule has 0 atom stereocenters. The summed E-state index contributed by atoms with van der Waals surface area (Å²) in [5.41, 5.74) is 1.90. The third-order valence-corrected chi connectivity index (χ3v) is 6.11. The van der Waals surface area contributed by atoms with Gasteiger partial charge in [0.2, 0.25) is 0 Å². The summed E-state index contributed by atoms with van der Waals surface area (Å²) in [5, 5.41) is 0. The van der Waals surface area contributed by atoms with Gasteiger partial charge in [-0.2, -0.15) is 0 Å². The van der Waals surface area contributed by atoms with Gasteiger partial charge < -0.3 is 0 Å². The van der Waals surface area contributed by atoms with E-state index in [0.29, 0.717) is 5.41 Å². The van der Waals surface area contributed by atoms with Crippen LogP contribution in [0.4, 0.5) is 0 Å². The maximum atomic E-state index is 3.50. The maximum absolute atomic E-state index is 3.50. The van der Waals surface area contributed by atoms with Crippen molar-refractivity contribution in [3.05, 3.63) is 40.4 Å². The maximum Gasteiger partial charge on any atom is 0.0175 e. The Balaban J connectivity index is 1.57. The normalized spacial score (nSPS) is 40.2. The molecule has 0 N–H and O–H groups in total. The predicted octanol–water partition coefficient (Wildman–Crippen LogP) is 5.68. The quantitative estimate of drug-likeness (QED) is 0.658. The van der Waals surface area contributed by atoms with Crippen LogP contribution in [0.2, 0.25) is 0 Å². The van der Waals surface area contributed by atoms with E-state index in [4.69, 9.17) is 0 Å². The van der Waals surface area contributed by atoms with E-state index in [1.165, 1.54) is 48.6 Å². The Hall–Kier alpha value is -0.560. The molecule has 100 valence electrons. The van der Waals surface area contributed by atoms with Crippen LogP contribution in [-0.2, 0) is 0 Å². The van der Waals surface area contributed by atoms with Crippen molar-refractivity contribution in [2.45, 2.75) is 38.5 Å². The van der Waals surface area contributed by atoms with Crippen LogP contribution in [0, 0.1) is 23.2 Å². The highest BCUT2D eigenvalue weighted by Gasteiger charge is 2.49. The molecule has 4 saturated carbocycles. The molecule has 0 radical (unpaired) electrons. The van der Waals surface area contributed by atoms with E-state index in [1.54, 1.807) is 0 Å². The minimum Gasteiger partial charge on any atom is -0.0777 e. The van der Waals surface area contributed by atoms with Gasteiger partial charge in [0.1, 0.15) is 0 Å². The summed E-state index contributed by atoms with van der Waals surface area (Å²) in [6.07, 6.45) is 13.9. The fourth-order valence-corrected chi connectivity index (χ4v) is 5.49. The zero-order chi connectivity index (χ0) is 12.9. The first-order valence-corrected chi connectivity index (χ1v) is 8.45. The SMILES string of the molecule is Brc1ccc(/C=C/C23CC4CC(CC(C4)C2)C3)cc1. The molecule has 0 heterocycles. The number of benzene rings is 1. The van der Waals surface area contributed by atoms with Gasteiger partial charge in [0.05, 0.1) is 0 Å². The standard InChI is InChI=1S/C18H21Br/c19-17-3-1-13(2-4-17)5-6-18-10-14-7-15(11-18)9-16(8-14)12-18/h1-6,14-16H,7-12H2/b6-5+. The molecule has 0 nitrogen and oxygen atoms in total. The second kappa shape index (κ2) is 4.48. The van der Waals surface area contributed by atoms with Crippen LogP contribution in [0.3, 0.4) is 0 Å². The highest BCUT2D eigenvalue weighted by molar-refractivity contribution is 9.10. The van der Waals surface area contributed by atoms with E-state index in [-0.39, 0.29) is 0 Å². The molecule has 0 saturated heterocycles. The Kier molecular flexibility index (Phi) is 2.88. The monoisotopic (exact) mass is 316 g/mol. The molecule has 4 bridgehead atoms. The molecule has 4 aliphatic rings. The molecule has 19 heavy (non-hydrogen) atoms. The minimum atomic E-state index is 0.557. The van der Waals surface area contributed by atoms with E-state index in [0.717, 1.165) is 17.8 Å². The average molecular weight is 317 g/mol. The Morgan fingerprint density at radius 2 is 1.42 bits per heavy atom. The summed E-state index contributed by atoms with van der Waals surface area (Å²) < 4.78 is 1.17. The zero-order valence-corrected chi connectivity index (χ0v) is 12.9. The van der Waals surface area contributed by atoms with Crippen LogP contribution in [-0.4, -0.2) is 0 Å².